The highest BCUT2D eigenvalue weighted by Crippen LogP contribution is 2.10. The van der Waals surface area contributed by atoms with Crippen molar-refractivity contribution in [3.63, 3.8) is 0 Å². The van der Waals surface area contributed by atoms with Crippen LogP contribution in [0.25, 0.3) is 0 Å². The first-order chi connectivity index (χ1) is 8.19. The van der Waals surface area contributed by atoms with Crippen molar-refractivity contribution < 1.29 is 14.3 Å². The van der Waals surface area contributed by atoms with E-state index in [4.69, 9.17) is 9.47 Å². The van der Waals surface area contributed by atoms with Gasteiger partial charge < -0.3 is 9.47 Å². The Morgan fingerprint density at radius 3 is 2.29 bits per heavy atom. The van der Waals surface area contributed by atoms with Crippen molar-refractivity contribution in [2.75, 3.05) is 13.2 Å². The van der Waals surface area contributed by atoms with E-state index >= 15 is 0 Å². The predicted octanol–water partition coefficient (Wildman–Crippen LogP) is 2.51. The topological polar surface area (TPSA) is 35.5 Å². The molecule has 0 heterocycles. The highest BCUT2D eigenvalue weighted by atomic mass is 16.7. The van der Waals surface area contributed by atoms with E-state index in [0.29, 0.717) is 19.6 Å². The average molecular weight is 236 g/mol. The molecule has 0 fully saturated rings. The summed E-state index contributed by atoms with van der Waals surface area (Å²) < 4.78 is 10.6. The predicted molar refractivity (Wildman–Crippen MR) is 66.9 cm³/mol. The quantitative estimate of drug-likeness (QED) is 0.682. The molecule has 0 N–H and O–H groups in total. The molecule has 0 spiro atoms. The van der Waals surface area contributed by atoms with Crippen LogP contribution in [-0.2, 0) is 20.7 Å². The third kappa shape index (κ3) is 4.29. The maximum absolute atomic E-state index is 12.0. The van der Waals surface area contributed by atoms with E-state index in [9.17, 15) is 4.79 Å². The molecule has 3 nitrogen and oxygen atoms in total. The molecule has 1 aromatic carbocycles. The number of carbonyl (C=O) groups excluding carboxylic acids is 1. The summed E-state index contributed by atoms with van der Waals surface area (Å²) in [7, 11) is 0. The Bertz CT molecular complexity index is 354. The normalized spacial score (nSPS) is 10.8. The molecule has 0 atom stereocenters. The minimum Gasteiger partial charge on any atom is -0.346 e. The van der Waals surface area contributed by atoms with Gasteiger partial charge in [0.15, 0.2) is 5.78 Å². The Labute approximate surface area is 103 Å². The summed E-state index contributed by atoms with van der Waals surface area (Å²) in [6.07, 6.45) is -0.373. The Hall–Kier alpha value is -1.19. The number of ether oxygens (including phenoxy) is 2. The average Bonchev–Trinajstić information content (AvgIpc) is 2.32. The van der Waals surface area contributed by atoms with Gasteiger partial charge >= 0.3 is 0 Å². The molecular formula is C14H20O3. The van der Waals surface area contributed by atoms with Crippen LogP contribution in [0, 0.1) is 6.92 Å². The second-order valence-electron chi connectivity index (χ2n) is 3.81. The van der Waals surface area contributed by atoms with E-state index in [0.717, 1.165) is 11.1 Å². The zero-order chi connectivity index (χ0) is 12.7. The number of aryl methyl sites for hydroxylation is 1. The molecule has 0 aliphatic rings. The van der Waals surface area contributed by atoms with Crippen LogP contribution in [0.1, 0.15) is 25.0 Å². The number of Topliss-reactive ketones (excluding diaryl/α,β-unsaturated/α-hetero) is 1. The van der Waals surface area contributed by atoms with Crippen molar-refractivity contribution in [2.45, 2.75) is 33.5 Å². The van der Waals surface area contributed by atoms with Crippen molar-refractivity contribution in [3.05, 3.63) is 35.4 Å². The molecule has 94 valence electrons. The van der Waals surface area contributed by atoms with Gasteiger partial charge in [0.1, 0.15) is 0 Å². The van der Waals surface area contributed by atoms with Crippen LogP contribution in [0.4, 0.5) is 0 Å². The summed E-state index contributed by atoms with van der Waals surface area (Å²) in [6, 6.07) is 7.86. The summed E-state index contributed by atoms with van der Waals surface area (Å²) in [5.74, 6) is -0.0250. The van der Waals surface area contributed by atoms with Crippen molar-refractivity contribution in [2.24, 2.45) is 0 Å². The third-order valence-corrected chi connectivity index (χ3v) is 2.52. The number of hydrogen-bond acceptors (Lipinski definition) is 3. The van der Waals surface area contributed by atoms with E-state index in [-0.39, 0.29) is 5.78 Å². The molecule has 1 rings (SSSR count). The van der Waals surface area contributed by atoms with Crippen LogP contribution < -0.4 is 0 Å². The van der Waals surface area contributed by atoms with E-state index in [2.05, 4.69) is 0 Å². The molecule has 0 aliphatic carbocycles. The van der Waals surface area contributed by atoms with E-state index < -0.39 is 6.29 Å². The first kappa shape index (κ1) is 13.9. The molecule has 17 heavy (non-hydrogen) atoms. The summed E-state index contributed by atoms with van der Waals surface area (Å²) in [5.41, 5.74) is 2.15. The maximum Gasteiger partial charge on any atom is 0.218 e. The molecule has 0 aromatic heterocycles. The Balaban J connectivity index is 2.66. The lowest BCUT2D eigenvalue weighted by Crippen LogP contribution is -2.29. The number of ketones is 1. The third-order valence-electron chi connectivity index (χ3n) is 2.52. The van der Waals surface area contributed by atoms with Crippen LogP contribution in [0.3, 0.4) is 0 Å². The Morgan fingerprint density at radius 2 is 1.76 bits per heavy atom. The molecule has 0 amide bonds. The van der Waals surface area contributed by atoms with Gasteiger partial charge in [0.2, 0.25) is 6.29 Å². The molecule has 0 radical (unpaired) electrons. The zero-order valence-electron chi connectivity index (χ0n) is 10.7. The smallest absolute Gasteiger partial charge is 0.218 e. The fraction of sp³-hybridized carbons (Fsp3) is 0.500. The molecule has 3 heteroatoms. The van der Waals surface area contributed by atoms with Crippen LogP contribution in [0.2, 0.25) is 0 Å². The van der Waals surface area contributed by atoms with Gasteiger partial charge in [-0.25, -0.2) is 0 Å². The van der Waals surface area contributed by atoms with Crippen LogP contribution >= 0.6 is 0 Å². The number of hydrogen-bond donors (Lipinski definition) is 0. The number of carbonyl (C=O) groups is 1. The van der Waals surface area contributed by atoms with Crippen molar-refractivity contribution in [1.29, 1.82) is 0 Å². The van der Waals surface area contributed by atoms with Crippen molar-refractivity contribution in [3.8, 4) is 0 Å². The lowest BCUT2D eigenvalue weighted by molar-refractivity contribution is -0.167. The minimum atomic E-state index is -0.732. The van der Waals surface area contributed by atoms with Gasteiger partial charge in [-0.1, -0.05) is 24.3 Å². The lowest BCUT2D eigenvalue weighted by atomic mass is 10.0. The summed E-state index contributed by atoms with van der Waals surface area (Å²) >= 11 is 0. The fourth-order valence-electron chi connectivity index (χ4n) is 1.62. The van der Waals surface area contributed by atoms with Crippen molar-refractivity contribution >= 4 is 5.78 Å². The van der Waals surface area contributed by atoms with E-state index in [1.807, 2.05) is 45.0 Å². The van der Waals surface area contributed by atoms with Crippen LogP contribution in [0.15, 0.2) is 24.3 Å². The first-order valence-corrected chi connectivity index (χ1v) is 5.99. The van der Waals surface area contributed by atoms with E-state index in [1.54, 1.807) is 0 Å². The lowest BCUT2D eigenvalue weighted by Gasteiger charge is -2.16. The standard InChI is InChI=1S/C14H20O3/c1-4-16-14(17-5-2)13(15)10-12-9-7-6-8-11(12)3/h6-9,14H,4-5,10H2,1-3H3. The molecular weight excluding hydrogens is 216 g/mol. The van der Waals surface area contributed by atoms with Crippen LogP contribution in [-0.4, -0.2) is 25.3 Å². The second-order valence-corrected chi connectivity index (χ2v) is 3.81. The molecule has 0 unspecified atom stereocenters. The van der Waals surface area contributed by atoms with E-state index in [1.165, 1.54) is 0 Å². The summed E-state index contributed by atoms with van der Waals surface area (Å²) in [4.78, 5) is 12.0. The van der Waals surface area contributed by atoms with Gasteiger partial charge in [0, 0.05) is 19.6 Å². The maximum atomic E-state index is 12.0. The van der Waals surface area contributed by atoms with Gasteiger partial charge in [-0.3, -0.25) is 4.79 Å². The van der Waals surface area contributed by atoms with Crippen LogP contribution in [0.5, 0.6) is 0 Å². The fourth-order valence-corrected chi connectivity index (χ4v) is 1.62. The summed E-state index contributed by atoms with van der Waals surface area (Å²) in [6.45, 7) is 6.66. The monoisotopic (exact) mass is 236 g/mol. The first-order valence-electron chi connectivity index (χ1n) is 5.99. The largest absolute Gasteiger partial charge is 0.346 e. The molecule has 0 saturated heterocycles. The number of benzene rings is 1. The molecule has 0 bridgehead atoms. The zero-order valence-corrected chi connectivity index (χ0v) is 10.7. The van der Waals surface area contributed by atoms with Gasteiger partial charge in [-0.2, -0.15) is 0 Å². The summed E-state index contributed by atoms with van der Waals surface area (Å²) in [5, 5.41) is 0. The molecule has 0 saturated carbocycles. The highest BCUT2D eigenvalue weighted by Gasteiger charge is 2.19. The van der Waals surface area contributed by atoms with Gasteiger partial charge in [0.05, 0.1) is 0 Å². The van der Waals surface area contributed by atoms with Gasteiger partial charge in [-0.15, -0.1) is 0 Å². The second kappa shape index (κ2) is 7.20. The van der Waals surface area contributed by atoms with Gasteiger partial charge in [-0.05, 0) is 31.9 Å². The Kier molecular flexibility index (Phi) is 5.87. The van der Waals surface area contributed by atoms with Crippen molar-refractivity contribution in [1.82, 2.24) is 0 Å². The minimum absolute atomic E-state index is 0.0250. The van der Waals surface area contributed by atoms with Gasteiger partial charge in [0.25, 0.3) is 0 Å². The highest BCUT2D eigenvalue weighted by molar-refractivity contribution is 5.84. The SMILES string of the molecule is CCOC(OCC)C(=O)Cc1ccccc1C. The number of rotatable bonds is 7. The molecule has 1 aromatic rings. The Morgan fingerprint density at radius 1 is 1.18 bits per heavy atom. The molecule has 0 aliphatic heterocycles.